The van der Waals surface area contributed by atoms with Crippen molar-refractivity contribution in [1.82, 2.24) is 0 Å². The van der Waals surface area contributed by atoms with E-state index in [1.807, 2.05) is 56.4 Å². The van der Waals surface area contributed by atoms with Crippen LogP contribution in [0.2, 0.25) is 0 Å². The van der Waals surface area contributed by atoms with Crippen molar-refractivity contribution in [2.45, 2.75) is 142 Å². The number of hydrogen-bond acceptors (Lipinski definition) is 10. The molecular weight excluding hydrogens is 1510 g/mol. The molecule has 0 bridgehead atoms. The molecule has 6 rings (SSSR count). The van der Waals surface area contributed by atoms with Crippen molar-refractivity contribution in [3.05, 3.63) is 182 Å². The van der Waals surface area contributed by atoms with E-state index < -0.39 is 59.4 Å². The van der Waals surface area contributed by atoms with Crippen LogP contribution >= 0.6 is 71.0 Å². The van der Waals surface area contributed by atoms with E-state index in [-0.39, 0.29) is 0 Å². The fourth-order valence-corrected chi connectivity index (χ4v) is 18.3. The Balaban J connectivity index is 0.000000616. The average molecular weight is 1600 g/mol. The summed E-state index contributed by atoms with van der Waals surface area (Å²) in [6.07, 6.45) is 30.3. The van der Waals surface area contributed by atoms with Crippen LogP contribution < -0.4 is 40.2 Å². The van der Waals surface area contributed by atoms with Crippen LogP contribution in [0.5, 0.6) is 0 Å². The summed E-state index contributed by atoms with van der Waals surface area (Å²) in [5.74, 6) is 0. The monoisotopic (exact) mass is 1590 g/mol. The maximum absolute atomic E-state index is 9.16. The second-order valence-corrected chi connectivity index (χ2v) is 43.1. The zero-order valence-electron chi connectivity index (χ0n) is 46.8. The summed E-state index contributed by atoms with van der Waals surface area (Å²) in [7, 11) is -3.25. The molecule has 0 aromatic heterocycles. The van der Waals surface area contributed by atoms with E-state index in [1.165, 1.54) is 173 Å². The van der Waals surface area contributed by atoms with Crippen LogP contribution in [0.3, 0.4) is 0 Å². The minimum atomic E-state index is -4.56. The van der Waals surface area contributed by atoms with Crippen LogP contribution in [0.1, 0.15) is 142 Å². The van der Waals surface area contributed by atoms with Crippen molar-refractivity contribution in [1.29, 1.82) is 0 Å². The SMILES string of the molecule is CCCCCCCCCCCC[P+](c1ccccc1)(c1ccccc1)c1ccccc1.CCCCCCCCCCCC[P+](c1ccccc1)(c1ccccc1)c1ccccc1.[O]=[Mn](=[O])([O-])[Br].[O]=[Mn](=[O])([O-])[Br].[O]=[Mn](=[O])([OH])[Br].[O]=[Mn](=[O])([OH])[Br]. The molecule has 0 aliphatic rings. The van der Waals surface area contributed by atoms with E-state index in [1.54, 1.807) is 0 Å². The molecular formula is C60H82Br4Mn4O12P2. The first-order valence-corrected chi connectivity index (χ1v) is 48.8. The summed E-state index contributed by atoms with van der Waals surface area (Å²) < 4.78 is 106. The van der Waals surface area contributed by atoms with Gasteiger partial charge in [0.25, 0.3) is 0 Å². The van der Waals surface area contributed by atoms with Crippen LogP contribution in [0, 0.1) is 0 Å². The van der Waals surface area contributed by atoms with Crippen molar-refractivity contribution >= 4 is 103 Å². The van der Waals surface area contributed by atoms with E-state index in [4.69, 9.17) is 47.4 Å². The van der Waals surface area contributed by atoms with Crippen LogP contribution in [0.15, 0.2) is 182 Å². The molecule has 0 amide bonds. The van der Waals surface area contributed by atoms with E-state index in [0.29, 0.717) is 0 Å². The third-order valence-electron chi connectivity index (χ3n) is 12.9. The Bertz CT molecular complexity index is 2510. The summed E-state index contributed by atoms with van der Waals surface area (Å²) >= 11 is -10.1. The van der Waals surface area contributed by atoms with Crippen molar-refractivity contribution in [3.63, 3.8) is 0 Å². The third-order valence-corrected chi connectivity index (χ3v) is 21.9. The Morgan fingerprint density at radius 1 is 0.293 bits per heavy atom. The average Bonchev–Trinajstić information content (AvgIpc) is 3.62. The molecule has 6 aromatic carbocycles. The first-order chi connectivity index (χ1) is 38.8. The Morgan fingerprint density at radius 2 is 0.415 bits per heavy atom. The molecule has 82 heavy (non-hydrogen) atoms. The number of rotatable bonds is 28. The molecule has 2 N–H and O–H groups in total. The normalized spacial score (nSPS) is 11.5. The predicted molar refractivity (Wildman–Crippen MR) is 329 cm³/mol. The van der Waals surface area contributed by atoms with Gasteiger partial charge in [0, 0.05) is 0 Å². The molecule has 0 radical (unpaired) electrons. The van der Waals surface area contributed by atoms with Crippen molar-refractivity contribution in [2.24, 2.45) is 0 Å². The van der Waals surface area contributed by atoms with Gasteiger partial charge in [0.2, 0.25) is 0 Å². The molecule has 0 heterocycles. The molecule has 0 unspecified atom stereocenters. The molecule has 0 saturated carbocycles. The molecule has 12 nitrogen and oxygen atoms in total. The molecule has 0 saturated heterocycles. The summed E-state index contributed by atoms with van der Waals surface area (Å²) in [4.78, 5) is 0. The number of benzene rings is 6. The summed E-state index contributed by atoms with van der Waals surface area (Å²) in [6, 6.07) is 67.9. The summed E-state index contributed by atoms with van der Waals surface area (Å²) in [5.41, 5.74) is 0. The Morgan fingerprint density at radius 3 is 0.549 bits per heavy atom. The van der Waals surface area contributed by atoms with Crippen molar-refractivity contribution in [3.8, 4) is 0 Å². The minimum absolute atomic E-state index is 1.27. The second-order valence-electron chi connectivity index (χ2n) is 18.9. The molecule has 0 fully saturated rings. The standard InChI is InChI=1S/2C30H40P.4BrH.4Mn.2H2O.10O/c2*1-2-3-4-5-6-7-8-9-10-20-27-31(28-21-14-11-15-22-28,29-23-16-12-17-24-29)30-25-18-13-19-26-30;;;;;;;;;;;;;;;;;;;;/h2*11-19,21-26H,2-10,20,27H2,1H3;4*1H;;;;;2*1H2;;;;;;;;;;/q2*+1;;;;;2*+1;2*+2;;;;;;;;;;;2*-1/p-6. The molecule has 0 aliphatic heterocycles. The van der Waals surface area contributed by atoms with Gasteiger partial charge in [-0.2, -0.15) is 0 Å². The zero-order chi connectivity index (χ0) is 61.2. The molecule has 0 aliphatic carbocycles. The Kier molecular flexibility index (Phi) is 42.8. The Labute approximate surface area is 526 Å². The predicted octanol–water partition coefficient (Wildman–Crippen LogP) is 14.7. The quantitative estimate of drug-likeness (QED) is 0.0266. The molecule has 6 aromatic rings. The van der Waals surface area contributed by atoms with Crippen LogP contribution in [-0.4, -0.2) is 20.7 Å². The van der Waals surface area contributed by atoms with Gasteiger partial charge in [-0.1, -0.05) is 226 Å². The van der Waals surface area contributed by atoms with Gasteiger partial charge >= 0.3 is 149 Å². The fourth-order valence-electron chi connectivity index (χ4n) is 9.44. The van der Waals surface area contributed by atoms with Gasteiger partial charge in [0.15, 0.2) is 0 Å². The second kappa shape index (κ2) is 44.8. The van der Waals surface area contributed by atoms with Gasteiger partial charge in [0.1, 0.15) is 46.4 Å². The van der Waals surface area contributed by atoms with Crippen LogP contribution in [-0.2, 0) is 75.6 Å². The fraction of sp³-hybridized carbons (Fsp3) is 0.400. The van der Waals surface area contributed by atoms with Gasteiger partial charge in [-0.15, -0.1) is 0 Å². The van der Waals surface area contributed by atoms with Gasteiger partial charge in [-0.05, 0) is 98.5 Å². The molecule has 460 valence electrons. The van der Waals surface area contributed by atoms with Gasteiger partial charge in [0.05, 0.1) is 12.3 Å². The first kappa shape index (κ1) is 78.4. The molecule has 22 heteroatoms. The van der Waals surface area contributed by atoms with E-state index in [0.717, 1.165) is 0 Å². The molecule has 0 spiro atoms. The van der Waals surface area contributed by atoms with Crippen LogP contribution in [0.4, 0.5) is 0 Å². The van der Waals surface area contributed by atoms with E-state index in [9.17, 15) is 0 Å². The van der Waals surface area contributed by atoms with Gasteiger partial charge < -0.3 is 0 Å². The van der Waals surface area contributed by atoms with Gasteiger partial charge in [-0.25, -0.2) is 0 Å². The van der Waals surface area contributed by atoms with E-state index in [2.05, 4.69) is 196 Å². The summed E-state index contributed by atoms with van der Waals surface area (Å²) in [5, 5.41) is 9.10. The first-order valence-electron chi connectivity index (χ1n) is 27.3. The maximum atomic E-state index is 9.16. The van der Waals surface area contributed by atoms with Crippen molar-refractivity contribution in [2.75, 3.05) is 12.3 Å². The Hall–Kier alpha value is -1.58. The van der Waals surface area contributed by atoms with E-state index >= 15 is 0 Å². The number of halogens is 4. The number of hydrogen-bond donors (Lipinski definition) is 2. The third kappa shape index (κ3) is 40.0. The van der Waals surface area contributed by atoms with Crippen LogP contribution in [0.25, 0.3) is 0 Å². The zero-order valence-corrected chi connectivity index (χ0v) is 59.6. The summed E-state index contributed by atoms with van der Waals surface area (Å²) in [6.45, 7) is 4.59. The number of unbranched alkanes of at least 4 members (excludes halogenated alkanes) is 18. The molecule has 0 atom stereocenters. The van der Waals surface area contributed by atoms with Gasteiger partial charge in [-0.3, -0.25) is 0 Å². The van der Waals surface area contributed by atoms with Crippen molar-refractivity contribution < 1.29 is 92.4 Å². The topological polar surface area (TPSA) is 223 Å².